The van der Waals surface area contributed by atoms with Crippen molar-refractivity contribution in [1.82, 2.24) is 0 Å². The van der Waals surface area contributed by atoms with Crippen LogP contribution in [0, 0.1) is 0 Å². The van der Waals surface area contributed by atoms with Crippen LogP contribution in [0.5, 0.6) is 0 Å². The minimum absolute atomic E-state index is 0. The average molecular weight is 348 g/mol. The standard InChI is InChI=1S/Mg.H4O7P2.8H2O.2H/c;1-8(2,3)7-9(4,5)6;;;;;;;;;;/h;(H2,1,2,3)(H2,4,5,6);8*1H2;;/q+2;;;;;;;;;;2*-1. The third-order valence-electron chi connectivity index (χ3n) is 0.213. The summed E-state index contributed by atoms with van der Waals surface area (Å²) in [6, 6.07) is 0. The van der Waals surface area contributed by atoms with Crippen molar-refractivity contribution in [3.05, 3.63) is 0 Å². The molecule has 0 spiro atoms. The van der Waals surface area contributed by atoms with Gasteiger partial charge >= 0.3 is 38.7 Å². The van der Waals surface area contributed by atoms with Crippen molar-refractivity contribution < 1.29 is 79.7 Å². The molecule has 0 aliphatic heterocycles. The topological polar surface area (TPSA) is 376 Å². The maximum atomic E-state index is 9.63. The van der Waals surface area contributed by atoms with Gasteiger partial charge in [0.15, 0.2) is 0 Å². The molecule has 0 aromatic heterocycles. The first-order valence-corrected chi connectivity index (χ1v) is 4.59. The van der Waals surface area contributed by atoms with E-state index in [0.29, 0.717) is 0 Å². The summed E-state index contributed by atoms with van der Waals surface area (Å²) in [6.45, 7) is 0. The van der Waals surface area contributed by atoms with Crippen LogP contribution in [0.3, 0.4) is 0 Å². The second kappa shape index (κ2) is 26.3. The second-order valence-corrected chi connectivity index (χ2v) is 3.68. The Labute approximate surface area is 119 Å². The molecule has 18 heteroatoms. The van der Waals surface area contributed by atoms with Gasteiger partial charge in [0, 0.05) is 0 Å². The Morgan fingerprint density at radius 3 is 0.722 bits per heavy atom. The monoisotopic (exact) mass is 348 g/mol. The molecule has 0 rings (SSSR count). The summed E-state index contributed by atoms with van der Waals surface area (Å²) in [6.07, 6.45) is 0. The molecule has 0 saturated carbocycles. The van der Waals surface area contributed by atoms with Crippen LogP contribution in [0.15, 0.2) is 0 Å². The van der Waals surface area contributed by atoms with Crippen molar-refractivity contribution in [2.75, 3.05) is 0 Å². The van der Waals surface area contributed by atoms with E-state index in [0.717, 1.165) is 0 Å². The van der Waals surface area contributed by atoms with E-state index in [2.05, 4.69) is 4.31 Å². The molecule has 0 heterocycles. The van der Waals surface area contributed by atoms with Crippen molar-refractivity contribution in [1.29, 1.82) is 0 Å². The fraction of sp³-hybridized carbons (Fsp3) is 0. The zero-order chi connectivity index (χ0) is 7.71. The van der Waals surface area contributed by atoms with E-state index < -0.39 is 15.6 Å². The molecule has 20 N–H and O–H groups in total. The summed E-state index contributed by atoms with van der Waals surface area (Å²) in [5.74, 6) is 0. The summed E-state index contributed by atoms with van der Waals surface area (Å²) in [7, 11) is -10.1. The second-order valence-electron chi connectivity index (χ2n) is 1.06. The molecule has 0 fully saturated rings. The Bertz CT molecular complexity index is 164. The van der Waals surface area contributed by atoms with Crippen molar-refractivity contribution in [2.45, 2.75) is 0 Å². The Kier molecular flexibility index (Phi) is 113. The van der Waals surface area contributed by atoms with E-state index in [1.807, 2.05) is 0 Å². The van der Waals surface area contributed by atoms with Crippen molar-refractivity contribution in [3.63, 3.8) is 0 Å². The third-order valence-corrected chi connectivity index (χ3v) is 1.91. The molecular formula is H22MgO15P2. The number of rotatable bonds is 2. The van der Waals surface area contributed by atoms with Gasteiger partial charge in [0.05, 0.1) is 0 Å². The molecule has 15 nitrogen and oxygen atoms in total. The maximum absolute atomic E-state index is 9.63. The van der Waals surface area contributed by atoms with Gasteiger partial charge in [0.25, 0.3) is 0 Å². The van der Waals surface area contributed by atoms with Gasteiger partial charge in [-0.2, -0.15) is 4.31 Å². The normalized spacial score (nSPS) is 6.89. The van der Waals surface area contributed by atoms with E-state index in [4.69, 9.17) is 19.6 Å². The van der Waals surface area contributed by atoms with Crippen molar-refractivity contribution >= 4 is 38.7 Å². The van der Waals surface area contributed by atoms with E-state index in [9.17, 15) is 9.13 Å². The van der Waals surface area contributed by atoms with Crippen LogP contribution in [0.1, 0.15) is 2.85 Å². The van der Waals surface area contributed by atoms with Crippen LogP contribution >= 0.6 is 15.6 Å². The molecule has 0 aromatic carbocycles. The van der Waals surface area contributed by atoms with Crippen LogP contribution in [0.2, 0.25) is 0 Å². The fourth-order valence-electron chi connectivity index (χ4n) is 0.139. The molecule has 0 saturated heterocycles. The summed E-state index contributed by atoms with van der Waals surface area (Å²) in [4.78, 5) is 31.0. The molecule has 0 unspecified atom stereocenters. The number of hydrogen-bond acceptors (Lipinski definition) is 3. The first kappa shape index (κ1) is 77.4. The van der Waals surface area contributed by atoms with Crippen LogP contribution in [-0.2, 0) is 13.4 Å². The van der Waals surface area contributed by atoms with Crippen LogP contribution in [-0.4, -0.2) is 86.4 Å². The largest absolute Gasteiger partial charge is 2.00 e. The summed E-state index contributed by atoms with van der Waals surface area (Å²) in [5.41, 5.74) is 0. The van der Waals surface area contributed by atoms with Crippen molar-refractivity contribution in [3.8, 4) is 0 Å². The molecular weight excluding hydrogens is 326 g/mol. The van der Waals surface area contributed by atoms with E-state index in [1.165, 1.54) is 0 Å². The summed E-state index contributed by atoms with van der Waals surface area (Å²) < 4.78 is 22.2. The Balaban J connectivity index is -0.00000000582. The molecule has 124 valence electrons. The Hall–Kier alpha value is 0.706. The zero-order valence-corrected chi connectivity index (χ0v) is 11.8. The van der Waals surface area contributed by atoms with E-state index in [-0.39, 0.29) is 69.7 Å². The predicted octanol–water partition coefficient (Wildman–Crippen LogP) is -7.56. The molecule has 0 radical (unpaired) electrons. The first-order valence-electron chi connectivity index (χ1n) is 1.53. The molecule has 0 aliphatic carbocycles. The van der Waals surface area contributed by atoms with Gasteiger partial charge in [-0.15, -0.1) is 0 Å². The summed E-state index contributed by atoms with van der Waals surface area (Å²) >= 11 is 0. The minimum Gasteiger partial charge on any atom is -1.00 e. The van der Waals surface area contributed by atoms with Gasteiger partial charge in [0.1, 0.15) is 0 Å². The quantitative estimate of drug-likeness (QED) is 0.275. The predicted molar refractivity (Wildman–Crippen MR) is 62.1 cm³/mol. The fourth-order valence-corrected chi connectivity index (χ4v) is 1.25. The molecule has 0 atom stereocenters. The van der Waals surface area contributed by atoms with Gasteiger partial charge in [-0.05, 0) is 0 Å². The number of phosphoric acid groups is 2. The van der Waals surface area contributed by atoms with Crippen LogP contribution in [0.4, 0.5) is 0 Å². The van der Waals surface area contributed by atoms with Gasteiger partial charge in [0.2, 0.25) is 0 Å². The van der Waals surface area contributed by atoms with Gasteiger partial charge in [-0.3, -0.25) is 0 Å². The smallest absolute Gasteiger partial charge is 1.00 e. The first-order chi connectivity index (χ1) is 3.71. The minimum atomic E-state index is -5.05. The van der Waals surface area contributed by atoms with Gasteiger partial charge in [-0.1, -0.05) is 0 Å². The number of hydrogen-bond donors (Lipinski definition) is 4. The average Bonchev–Trinajstić information content (AvgIpc) is 1.14. The molecule has 18 heavy (non-hydrogen) atoms. The van der Waals surface area contributed by atoms with Crippen molar-refractivity contribution in [2.24, 2.45) is 0 Å². The molecule has 0 amide bonds. The molecule has 0 aliphatic rings. The summed E-state index contributed by atoms with van der Waals surface area (Å²) in [5, 5.41) is 0. The van der Waals surface area contributed by atoms with E-state index >= 15 is 0 Å². The van der Waals surface area contributed by atoms with Gasteiger partial charge in [-0.25, -0.2) is 9.13 Å². The molecule has 0 aromatic rings. The Morgan fingerprint density at radius 2 is 0.722 bits per heavy atom. The van der Waals surface area contributed by atoms with E-state index in [1.54, 1.807) is 0 Å². The van der Waals surface area contributed by atoms with Gasteiger partial charge < -0.3 is 66.2 Å². The molecule has 0 bridgehead atoms. The van der Waals surface area contributed by atoms with Crippen LogP contribution in [0.25, 0.3) is 0 Å². The third kappa shape index (κ3) is 91.6. The van der Waals surface area contributed by atoms with Crippen LogP contribution < -0.4 is 0 Å². The Morgan fingerprint density at radius 1 is 0.611 bits per heavy atom. The SMILES string of the molecule is O.O.O.O.O.O.O.O.O=P(O)(O)OP(=O)(O)O.[H-].[H-].[Mg+2]. The maximum Gasteiger partial charge on any atom is 2.00 e. The zero-order valence-electron chi connectivity index (χ0n) is 10.6.